The number of anilines is 1. The first-order valence-corrected chi connectivity index (χ1v) is 11.1. The lowest BCUT2D eigenvalue weighted by Gasteiger charge is -2.28. The number of hydrogen-bond acceptors (Lipinski definition) is 6. The Hall–Kier alpha value is -2.22. The van der Waals surface area contributed by atoms with E-state index in [-0.39, 0.29) is 5.69 Å². The number of aromatic nitrogens is 5. The van der Waals surface area contributed by atoms with Crippen LogP contribution in [-0.4, -0.2) is 30.7 Å². The highest BCUT2D eigenvalue weighted by Gasteiger charge is 2.31. The van der Waals surface area contributed by atoms with Crippen molar-refractivity contribution in [1.82, 2.24) is 24.1 Å². The molecule has 3 aromatic rings. The van der Waals surface area contributed by atoms with Crippen molar-refractivity contribution in [2.24, 2.45) is 5.92 Å². The standard InChI is InChI=1S/C20H24N6OS/c1-11-12(2)26-19(23-25(20(26)27)9-13-3-4-13)22-17(11)24-8-7-15-16(10-24)28-18(21-15)14-5-6-14/h13-14H,3-10H2,1-2H3. The summed E-state index contributed by atoms with van der Waals surface area (Å²) in [6.07, 6.45) is 5.96. The topological polar surface area (TPSA) is 68.3 Å². The molecule has 0 unspecified atom stereocenters. The van der Waals surface area contributed by atoms with Gasteiger partial charge < -0.3 is 4.90 Å². The maximum atomic E-state index is 12.8. The molecule has 0 amide bonds. The first kappa shape index (κ1) is 16.7. The van der Waals surface area contributed by atoms with E-state index in [9.17, 15) is 4.79 Å². The molecule has 1 aliphatic heterocycles. The number of thiazole rings is 1. The van der Waals surface area contributed by atoms with Crippen LogP contribution in [0.15, 0.2) is 4.79 Å². The van der Waals surface area contributed by atoms with Crippen LogP contribution in [-0.2, 0) is 19.5 Å². The molecule has 2 fully saturated rings. The van der Waals surface area contributed by atoms with Gasteiger partial charge in [-0.1, -0.05) is 0 Å². The van der Waals surface area contributed by atoms with Gasteiger partial charge in [-0.25, -0.2) is 18.9 Å². The van der Waals surface area contributed by atoms with Gasteiger partial charge in [-0.3, -0.25) is 0 Å². The van der Waals surface area contributed by atoms with Gasteiger partial charge in [0.05, 0.1) is 17.2 Å². The van der Waals surface area contributed by atoms with Crippen molar-refractivity contribution in [2.75, 3.05) is 11.4 Å². The molecule has 0 saturated heterocycles. The lowest BCUT2D eigenvalue weighted by molar-refractivity contribution is 0.544. The molecule has 0 aromatic carbocycles. The molecule has 0 N–H and O–H groups in total. The van der Waals surface area contributed by atoms with Crippen LogP contribution < -0.4 is 10.6 Å². The van der Waals surface area contributed by atoms with Gasteiger partial charge in [-0.2, -0.15) is 4.98 Å². The molecule has 6 rings (SSSR count). The summed E-state index contributed by atoms with van der Waals surface area (Å²) in [4.78, 5) is 26.2. The van der Waals surface area contributed by atoms with E-state index in [1.165, 1.54) is 41.3 Å². The van der Waals surface area contributed by atoms with E-state index in [4.69, 9.17) is 9.97 Å². The van der Waals surface area contributed by atoms with Gasteiger partial charge in [-0.05, 0) is 45.4 Å². The lowest BCUT2D eigenvalue weighted by atomic mass is 10.1. The molecular weight excluding hydrogens is 372 g/mol. The van der Waals surface area contributed by atoms with Crippen LogP contribution >= 0.6 is 11.3 Å². The Labute approximate surface area is 167 Å². The van der Waals surface area contributed by atoms with Gasteiger partial charge in [0.2, 0.25) is 0 Å². The first-order valence-electron chi connectivity index (χ1n) is 10.3. The molecule has 28 heavy (non-hydrogen) atoms. The summed E-state index contributed by atoms with van der Waals surface area (Å²) in [5, 5.41) is 5.88. The lowest BCUT2D eigenvalue weighted by Crippen LogP contribution is -2.32. The molecule has 7 nitrogen and oxygen atoms in total. The fourth-order valence-corrected chi connectivity index (χ4v) is 5.44. The Morgan fingerprint density at radius 3 is 2.71 bits per heavy atom. The SMILES string of the molecule is Cc1c(N2CCc3nc(C4CC4)sc3C2)nc2nn(CC3CC3)c(=O)n2c1C. The Kier molecular flexibility index (Phi) is 3.51. The second-order valence-corrected chi connectivity index (χ2v) is 9.67. The minimum Gasteiger partial charge on any atom is -0.351 e. The molecule has 0 spiro atoms. The molecule has 2 saturated carbocycles. The molecule has 8 heteroatoms. The molecule has 4 heterocycles. The monoisotopic (exact) mass is 396 g/mol. The minimum absolute atomic E-state index is 0.0565. The van der Waals surface area contributed by atoms with E-state index in [1.54, 1.807) is 9.08 Å². The highest BCUT2D eigenvalue weighted by atomic mass is 32.1. The summed E-state index contributed by atoms with van der Waals surface area (Å²) >= 11 is 1.88. The number of nitrogens with zero attached hydrogens (tertiary/aromatic N) is 6. The first-order chi connectivity index (χ1) is 13.6. The second kappa shape index (κ2) is 5.89. The van der Waals surface area contributed by atoms with Crippen molar-refractivity contribution in [3.05, 3.63) is 37.3 Å². The Morgan fingerprint density at radius 2 is 1.96 bits per heavy atom. The largest absolute Gasteiger partial charge is 0.351 e. The number of hydrogen-bond donors (Lipinski definition) is 0. The number of fused-ring (bicyclic) bond motifs is 2. The van der Waals surface area contributed by atoms with Crippen molar-refractivity contribution < 1.29 is 0 Å². The van der Waals surface area contributed by atoms with E-state index in [0.29, 0.717) is 24.2 Å². The highest BCUT2D eigenvalue weighted by molar-refractivity contribution is 7.11. The van der Waals surface area contributed by atoms with E-state index < -0.39 is 0 Å². The fraction of sp³-hybridized carbons (Fsp3) is 0.600. The summed E-state index contributed by atoms with van der Waals surface area (Å²) in [6.45, 7) is 6.56. The smallest absolute Gasteiger partial charge is 0.351 e. The third-order valence-corrected chi connectivity index (χ3v) is 7.59. The van der Waals surface area contributed by atoms with Gasteiger partial charge >= 0.3 is 5.69 Å². The maximum absolute atomic E-state index is 12.8. The normalized spacial score (nSPS) is 19.4. The Morgan fingerprint density at radius 1 is 1.14 bits per heavy atom. The zero-order chi connectivity index (χ0) is 19.0. The molecule has 0 radical (unpaired) electrons. The van der Waals surface area contributed by atoms with Crippen LogP contribution in [0.4, 0.5) is 5.82 Å². The van der Waals surface area contributed by atoms with Crippen LogP contribution in [0.3, 0.4) is 0 Å². The van der Waals surface area contributed by atoms with Crippen LogP contribution in [0.1, 0.15) is 58.4 Å². The number of aryl methyl sites for hydroxylation is 1. The van der Waals surface area contributed by atoms with Crippen molar-refractivity contribution in [3.63, 3.8) is 0 Å². The summed E-state index contributed by atoms with van der Waals surface area (Å²) in [5.41, 5.74) is 3.24. The van der Waals surface area contributed by atoms with Gasteiger partial charge in [0.15, 0.2) is 0 Å². The molecule has 3 aliphatic rings. The van der Waals surface area contributed by atoms with E-state index in [2.05, 4.69) is 16.9 Å². The average molecular weight is 397 g/mol. The maximum Gasteiger partial charge on any atom is 0.351 e. The van der Waals surface area contributed by atoms with Gasteiger partial charge in [-0.15, -0.1) is 16.4 Å². The van der Waals surface area contributed by atoms with Crippen LogP contribution in [0.2, 0.25) is 0 Å². The summed E-state index contributed by atoms with van der Waals surface area (Å²) in [7, 11) is 0. The molecule has 0 bridgehead atoms. The van der Waals surface area contributed by atoms with Crippen molar-refractivity contribution in [3.8, 4) is 0 Å². The molecular formula is C20H24N6OS. The van der Waals surface area contributed by atoms with E-state index in [1.807, 2.05) is 18.3 Å². The second-order valence-electron chi connectivity index (χ2n) is 8.56. The van der Waals surface area contributed by atoms with Crippen molar-refractivity contribution in [1.29, 1.82) is 0 Å². The molecule has 2 aliphatic carbocycles. The van der Waals surface area contributed by atoms with E-state index in [0.717, 1.165) is 36.6 Å². The van der Waals surface area contributed by atoms with Crippen LogP contribution in [0.25, 0.3) is 5.78 Å². The zero-order valence-electron chi connectivity index (χ0n) is 16.3. The average Bonchev–Trinajstić information content (AvgIpc) is 3.61. The third-order valence-electron chi connectivity index (χ3n) is 6.34. The summed E-state index contributed by atoms with van der Waals surface area (Å²) < 4.78 is 3.28. The highest BCUT2D eigenvalue weighted by Crippen LogP contribution is 2.43. The van der Waals surface area contributed by atoms with Crippen LogP contribution in [0.5, 0.6) is 0 Å². The van der Waals surface area contributed by atoms with Crippen molar-refractivity contribution in [2.45, 2.75) is 65.0 Å². The molecule has 3 aromatic heterocycles. The van der Waals surface area contributed by atoms with E-state index >= 15 is 0 Å². The summed E-state index contributed by atoms with van der Waals surface area (Å²) in [6, 6.07) is 0. The quantitative estimate of drug-likeness (QED) is 0.678. The Bertz CT molecular complexity index is 1150. The minimum atomic E-state index is -0.0565. The van der Waals surface area contributed by atoms with Gasteiger partial charge in [0.1, 0.15) is 5.82 Å². The molecule has 0 atom stereocenters. The fourth-order valence-electron chi connectivity index (χ4n) is 4.14. The van der Waals surface area contributed by atoms with Crippen LogP contribution in [0, 0.1) is 19.8 Å². The Balaban J connectivity index is 1.38. The predicted molar refractivity (Wildman–Crippen MR) is 108 cm³/mol. The van der Waals surface area contributed by atoms with Gasteiger partial charge in [0, 0.05) is 41.6 Å². The summed E-state index contributed by atoms with van der Waals surface area (Å²) in [5.74, 6) is 2.80. The van der Waals surface area contributed by atoms with Gasteiger partial charge in [0.25, 0.3) is 5.78 Å². The molecule has 146 valence electrons. The number of rotatable bonds is 4. The van der Waals surface area contributed by atoms with Crippen molar-refractivity contribution >= 4 is 22.9 Å². The third kappa shape index (κ3) is 2.61. The predicted octanol–water partition coefficient (Wildman–Crippen LogP) is 2.81. The zero-order valence-corrected chi connectivity index (χ0v) is 17.1.